The summed E-state index contributed by atoms with van der Waals surface area (Å²) in [4.78, 5) is 0. The molecule has 0 aromatic heterocycles. The van der Waals surface area contributed by atoms with E-state index in [2.05, 4.69) is 91.0 Å². The molecular weight excluding hydrogens is 354 g/mol. The molecule has 0 saturated heterocycles. The highest BCUT2D eigenvalue weighted by atomic mass is 16.5. The van der Waals surface area contributed by atoms with E-state index in [1.807, 2.05) is 13.0 Å². The van der Waals surface area contributed by atoms with Crippen LogP contribution in [0.4, 0.5) is 0 Å². The Kier molecular flexibility index (Phi) is 5.75. The maximum Gasteiger partial charge on any atom is 0.124 e. The minimum atomic E-state index is -0.652. The Morgan fingerprint density at radius 3 is 2.17 bits per heavy atom. The van der Waals surface area contributed by atoms with Crippen LogP contribution in [0.15, 0.2) is 96.6 Å². The summed E-state index contributed by atoms with van der Waals surface area (Å²) in [7, 11) is 0. The smallest absolute Gasteiger partial charge is 0.124 e. The Hall–Kier alpha value is -2.94. The van der Waals surface area contributed by atoms with Crippen molar-refractivity contribution in [2.24, 2.45) is 5.73 Å². The van der Waals surface area contributed by atoms with Gasteiger partial charge in [-0.1, -0.05) is 97.1 Å². The summed E-state index contributed by atoms with van der Waals surface area (Å²) in [6.45, 7) is 2.61. The van der Waals surface area contributed by atoms with E-state index < -0.39 is 5.72 Å². The molecule has 4 rings (SSSR count). The number of hydrogen-bond donors (Lipinski definition) is 1. The topological polar surface area (TPSA) is 35.2 Å². The maximum absolute atomic E-state index is 6.60. The summed E-state index contributed by atoms with van der Waals surface area (Å²) < 4.78 is 5.93. The molecule has 1 aliphatic carbocycles. The molecule has 0 fully saturated rings. The van der Waals surface area contributed by atoms with E-state index in [0.717, 1.165) is 0 Å². The lowest BCUT2D eigenvalue weighted by Crippen LogP contribution is -2.44. The summed E-state index contributed by atoms with van der Waals surface area (Å²) in [5.41, 5.74) is 13.3. The van der Waals surface area contributed by atoms with E-state index in [0.29, 0.717) is 19.4 Å². The van der Waals surface area contributed by atoms with Gasteiger partial charge in [-0.15, -0.1) is 0 Å². The van der Waals surface area contributed by atoms with E-state index in [1.54, 1.807) is 0 Å². The fraction of sp³-hybridized carbons (Fsp3) is 0.185. The average molecular weight is 382 g/mol. The van der Waals surface area contributed by atoms with Crippen LogP contribution in [0.1, 0.15) is 30.9 Å². The molecule has 2 heteroatoms. The SMILES string of the molecule is CCOC1(N)CC=C(c2ccccc2-c2ccccc2)C(=Cc2ccccc2)C1. The van der Waals surface area contributed by atoms with Crippen LogP contribution in [0, 0.1) is 0 Å². The molecule has 1 unspecified atom stereocenters. The first-order valence-corrected chi connectivity index (χ1v) is 10.2. The standard InChI is InChI=1S/C27H27NO/c1-2-29-27(28)18-17-25(23(20-27)19-21-11-5-3-6-12-21)26-16-10-9-15-24(26)22-13-7-4-8-14-22/h3-17,19H,2,18,20,28H2,1H3. The van der Waals surface area contributed by atoms with E-state index >= 15 is 0 Å². The molecule has 1 atom stereocenters. The monoisotopic (exact) mass is 381 g/mol. The molecule has 0 aliphatic heterocycles. The third-order valence-corrected chi connectivity index (χ3v) is 5.36. The molecule has 2 N–H and O–H groups in total. The van der Waals surface area contributed by atoms with Crippen molar-refractivity contribution in [3.05, 3.63) is 108 Å². The average Bonchev–Trinajstić information content (AvgIpc) is 2.75. The normalized spacial score (nSPS) is 20.5. The highest BCUT2D eigenvalue weighted by Gasteiger charge is 2.32. The minimum Gasteiger partial charge on any atom is -0.360 e. The van der Waals surface area contributed by atoms with Gasteiger partial charge in [-0.05, 0) is 40.3 Å². The Morgan fingerprint density at radius 2 is 1.48 bits per heavy atom. The number of nitrogens with two attached hydrogens (primary N) is 1. The highest BCUT2D eigenvalue weighted by molar-refractivity contribution is 5.92. The van der Waals surface area contributed by atoms with Crippen LogP contribution in [-0.2, 0) is 4.74 Å². The molecule has 0 spiro atoms. The van der Waals surface area contributed by atoms with Gasteiger partial charge >= 0.3 is 0 Å². The molecule has 146 valence electrons. The first-order chi connectivity index (χ1) is 14.2. The van der Waals surface area contributed by atoms with E-state index in [4.69, 9.17) is 10.5 Å². The van der Waals surface area contributed by atoms with Gasteiger partial charge in [0, 0.05) is 19.4 Å². The number of benzene rings is 3. The second-order valence-electron chi connectivity index (χ2n) is 7.49. The summed E-state index contributed by atoms with van der Waals surface area (Å²) in [6.07, 6.45) is 5.87. The molecule has 0 amide bonds. The lowest BCUT2D eigenvalue weighted by molar-refractivity contribution is -0.0326. The van der Waals surface area contributed by atoms with Crippen molar-refractivity contribution in [2.45, 2.75) is 25.5 Å². The summed E-state index contributed by atoms with van der Waals surface area (Å²) in [5, 5.41) is 0. The lowest BCUT2D eigenvalue weighted by Gasteiger charge is -2.34. The van der Waals surface area contributed by atoms with E-state index in [-0.39, 0.29) is 0 Å². The van der Waals surface area contributed by atoms with Crippen molar-refractivity contribution in [1.29, 1.82) is 0 Å². The Balaban J connectivity index is 1.83. The van der Waals surface area contributed by atoms with Crippen molar-refractivity contribution < 1.29 is 4.74 Å². The van der Waals surface area contributed by atoms with Gasteiger partial charge in [0.2, 0.25) is 0 Å². The molecule has 0 saturated carbocycles. The second kappa shape index (κ2) is 8.60. The van der Waals surface area contributed by atoms with Crippen molar-refractivity contribution in [3.8, 4) is 11.1 Å². The first-order valence-electron chi connectivity index (χ1n) is 10.2. The van der Waals surface area contributed by atoms with Gasteiger partial charge in [0.05, 0.1) is 0 Å². The summed E-state index contributed by atoms with van der Waals surface area (Å²) in [6, 6.07) is 29.6. The fourth-order valence-electron chi connectivity index (χ4n) is 4.04. The molecule has 0 heterocycles. The maximum atomic E-state index is 6.60. The van der Waals surface area contributed by atoms with Gasteiger partial charge in [0.1, 0.15) is 5.72 Å². The lowest BCUT2D eigenvalue weighted by atomic mass is 9.81. The summed E-state index contributed by atoms with van der Waals surface area (Å²) in [5.74, 6) is 0. The third-order valence-electron chi connectivity index (χ3n) is 5.36. The fourth-order valence-corrected chi connectivity index (χ4v) is 4.04. The van der Waals surface area contributed by atoms with Crippen molar-refractivity contribution >= 4 is 11.6 Å². The predicted octanol–water partition coefficient (Wildman–Crippen LogP) is 6.31. The number of ether oxygens (including phenoxy) is 1. The highest BCUT2D eigenvalue weighted by Crippen LogP contribution is 2.41. The largest absolute Gasteiger partial charge is 0.360 e. The van der Waals surface area contributed by atoms with Gasteiger partial charge < -0.3 is 10.5 Å². The number of allylic oxidation sites excluding steroid dienone is 1. The van der Waals surface area contributed by atoms with Gasteiger partial charge in [-0.2, -0.15) is 0 Å². The van der Waals surface area contributed by atoms with Crippen molar-refractivity contribution in [1.82, 2.24) is 0 Å². The van der Waals surface area contributed by atoms with Gasteiger partial charge in [0.25, 0.3) is 0 Å². The number of rotatable bonds is 5. The molecule has 0 radical (unpaired) electrons. The number of hydrogen-bond acceptors (Lipinski definition) is 2. The van der Waals surface area contributed by atoms with E-state index in [1.165, 1.54) is 33.4 Å². The molecule has 2 nitrogen and oxygen atoms in total. The zero-order valence-corrected chi connectivity index (χ0v) is 16.8. The zero-order valence-electron chi connectivity index (χ0n) is 16.8. The van der Waals surface area contributed by atoms with Crippen LogP contribution in [0.3, 0.4) is 0 Å². The molecule has 3 aromatic carbocycles. The first kappa shape index (κ1) is 19.4. The molecule has 0 bridgehead atoms. The predicted molar refractivity (Wildman–Crippen MR) is 122 cm³/mol. The van der Waals surface area contributed by atoms with Crippen LogP contribution >= 0.6 is 0 Å². The van der Waals surface area contributed by atoms with E-state index in [9.17, 15) is 0 Å². The molecule has 29 heavy (non-hydrogen) atoms. The molecule has 1 aliphatic rings. The molecular formula is C27H27NO. The molecule has 3 aromatic rings. The Labute approximate surface area is 173 Å². The van der Waals surface area contributed by atoms with Gasteiger partial charge in [0.15, 0.2) is 0 Å². The van der Waals surface area contributed by atoms with Crippen LogP contribution in [0.5, 0.6) is 0 Å². The Morgan fingerprint density at radius 1 is 0.862 bits per heavy atom. The van der Waals surface area contributed by atoms with Crippen LogP contribution < -0.4 is 5.73 Å². The quantitative estimate of drug-likeness (QED) is 0.526. The third kappa shape index (κ3) is 4.40. The van der Waals surface area contributed by atoms with Gasteiger partial charge in [-0.3, -0.25) is 0 Å². The van der Waals surface area contributed by atoms with Crippen LogP contribution in [-0.4, -0.2) is 12.3 Å². The van der Waals surface area contributed by atoms with Crippen molar-refractivity contribution in [2.75, 3.05) is 6.61 Å². The van der Waals surface area contributed by atoms with Crippen LogP contribution in [0.2, 0.25) is 0 Å². The minimum absolute atomic E-state index is 0.610. The van der Waals surface area contributed by atoms with Crippen LogP contribution in [0.25, 0.3) is 22.8 Å². The van der Waals surface area contributed by atoms with Crippen molar-refractivity contribution in [3.63, 3.8) is 0 Å². The summed E-state index contributed by atoms with van der Waals surface area (Å²) >= 11 is 0. The van der Waals surface area contributed by atoms with Gasteiger partial charge in [-0.25, -0.2) is 0 Å². The Bertz CT molecular complexity index is 1020. The zero-order chi connectivity index (χ0) is 20.1. The second-order valence-corrected chi connectivity index (χ2v) is 7.49.